The second-order valence-electron chi connectivity index (χ2n) is 3.54. The molecule has 2 aromatic rings. The van der Waals surface area contributed by atoms with Gasteiger partial charge in [-0.25, -0.2) is 8.78 Å². The van der Waals surface area contributed by atoms with Gasteiger partial charge in [-0.3, -0.25) is 4.79 Å². The molecule has 1 aromatic heterocycles. The van der Waals surface area contributed by atoms with Gasteiger partial charge in [-0.2, -0.15) is 0 Å². The fraction of sp³-hybridized carbons (Fsp3) is 0.0833. The third-order valence-corrected chi connectivity index (χ3v) is 5.89. The Morgan fingerprint density at radius 3 is 2.61 bits per heavy atom. The van der Waals surface area contributed by atoms with Crippen molar-refractivity contribution < 1.29 is 13.6 Å². The molecule has 0 N–H and O–H groups in total. The molecule has 0 saturated carbocycles. The first-order chi connectivity index (χ1) is 8.50. The van der Waals surface area contributed by atoms with Gasteiger partial charge in [0, 0.05) is 16.3 Å². The third-order valence-electron chi connectivity index (χ3n) is 2.33. The first-order valence-corrected chi connectivity index (χ1v) is 7.36. The van der Waals surface area contributed by atoms with Gasteiger partial charge in [0.2, 0.25) is 0 Å². The van der Waals surface area contributed by atoms with Crippen LogP contribution in [-0.2, 0) is 6.42 Å². The summed E-state index contributed by atoms with van der Waals surface area (Å²) in [6, 6.07) is 3.83. The molecule has 0 atom stereocenters. The number of halogens is 4. The Hall–Kier alpha value is -0.590. The van der Waals surface area contributed by atoms with Crippen LogP contribution in [0.1, 0.15) is 15.2 Å². The zero-order valence-corrected chi connectivity index (χ0v) is 12.8. The van der Waals surface area contributed by atoms with Crippen molar-refractivity contribution >= 4 is 49.0 Å². The number of carbonyl (C=O) groups excluding carboxylic acids is 1. The lowest BCUT2D eigenvalue weighted by Crippen LogP contribution is -2.05. The molecule has 0 amide bonds. The van der Waals surface area contributed by atoms with Crippen LogP contribution in [0, 0.1) is 11.6 Å². The second kappa shape index (κ2) is 5.59. The summed E-state index contributed by atoms with van der Waals surface area (Å²) < 4.78 is 27.9. The van der Waals surface area contributed by atoms with E-state index >= 15 is 0 Å². The largest absolute Gasteiger partial charge is 0.293 e. The summed E-state index contributed by atoms with van der Waals surface area (Å²) >= 11 is 7.80. The maximum absolute atomic E-state index is 13.4. The van der Waals surface area contributed by atoms with E-state index in [9.17, 15) is 13.6 Å². The summed E-state index contributed by atoms with van der Waals surface area (Å²) in [7, 11) is 0. The lowest BCUT2D eigenvalue weighted by Gasteiger charge is -2.02. The summed E-state index contributed by atoms with van der Waals surface area (Å²) in [5.74, 6) is -2.15. The quantitative estimate of drug-likeness (QED) is 0.670. The van der Waals surface area contributed by atoms with Crippen molar-refractivity contribution in [3.05, 3.63) is 54.6 Å². The molecule has 0 aliphatic carbocycles. The van der Waals surface area contributed by atoms with Crippen molar-refractivity contribution in [1.29, 1.82) is 0 Å². The van der Waals surface area contributed by atoms with Gasteiger partial charge in [0.05, 0.1) is 9.35 Å². The molecule has 0 spiro atoms. The van der Waals surface area contributed by atoms with Crippen molar-refractivity contribution in [2.45, 2.75) is 6.42 Å². The SMILES string of the molecule is O=C(Cc1cccc(F)c1F)c1scc(Br)c1Br. The number of hydrogen-bond donors (Lipinski definition) is 0. The van der Waals surface area contributed by atoms with Crippen molar-refractivity contribution in [2.75, 3.05) is 0 Å². The Kier molecular flexibility index (Phi) is 4.29. The normalized spacial score (nSPS) is 10.7. The molecular formula is C12H6Br2F2OS. The Bertz CT molecular complexity index is 610. The number of benzene rings is 1. The highest BCUT2D eigenvalue weighted by atomic mass is 79.9. The van der Waals surface area contributed by atoms with Gasteiger partial charge in [0.25, 0.3) is 0 Å². The van der Waals surface area contributed by atoms with Crippen LogP contribution in [0.25, 0.3) is 0 Å². The molecule has 0 radical (unpaired) electrons. The van der Waals surface area contributed by atoms with Crippen LogP contribution in [0.2, 0.25) is 0 Å². The van der Waals surface area contributed by atoms with Crippen molar-refractivity contribution in [1.82, 2.24) is 0 Å². The average Bonchev–Trinajstić information content (AvgIpc) is 2.66. The predicted octanol–water partition coefficient (Wildman–Crippen LogP) is 4.98. The molecule has 1 aromatic carbocycles. The van der Waals surface area contributed by atoms with Crippen LogP contribution in [0.5, 0.6) is 0 Å². The highest BCUT2D eigenvalue weighted by molar-refractivity contribution is 9.13. The van der Waals surface area contributed by atoms with E-state index in [1.807, 2.05) is 0 Å². The number of hydrogen-bond acceptors (Lipinski definition) is 2. The van der Waals surface area contributed by atoms with Crippen molar-refractivity contribution in [3.8, 4) is 0 Å². The molecule has 0 saturated heterocycles. The number of Topliss-reactive ketones (excluding diaryl/α,β-unsaturated/α-hetero) is 1. The molecule has 6 heteroatoms. The fourth-order valence-corrected chi connectivity index (χ4v) is 3.58. The molecular weight excluding hydrogens is 390 g/mol. The van der Waals surface area contributed by atoms with Gasteiger partial charge in [0.15, 0.2) is 17.4 Å². The van der Waals surface area contributed by atoms with Gasteiger partial charge in [-0.15, -0.1) is 11.3 Å². The monoisotopic (exact) mass is 394 g/mol. The Labute approximate surface area is 123 Å². The zero-order chi connectivity index (χ0) is 13.3. The summed E-state index contributed by atoms with van der Waals surface area (Å²) in [5, 5.41) is 1.76. The minimum Gasteiger partial charge on any atom is -0.293 e. The van der Waals surface area contributed by atoms with E-state index in [0.29, 0.717) is 9.35 Å². The Morgan fingerprint density at radius 1 is 1.28 bits per heavy atom. The van der Waals surface area contributed by atoms with E-state index in [-0.39, 0.29) is 17.8 Å². The fourth-order valence-electron chi connectivity index (χ4n) is 1.45. The van der Waals surface area contributed by atoms with Gasteiger partial charge >= 0.3 is 0 Å². The van der Waals surface area contributed by atoms with Crippen LogP contribution in [-0.4, -0.2) is 5.78 Å². The second-order valence-corrected chi connectivity index (χ2v) is 6.07. The highest BCUT2D eigenvalue weighted by Crippen LogP contribution is 2.33. The predicted molar refractivity (Wildman–Crippen MR) is 74.1 cm³/mol. The van der Waals surface area contributed by atoms with Crippen molar-refractivity contribution in [3.63, 3.8) is 0 Å². The lowest BCUT2D eigenvalue weighted by atomic mass is 10.1. The molecule has 0 fully saturated rings. The van der Waals surface area contributed by atoms with Gasteiger partial charge in [-0.1, -0.05) is 12.1 Å². The van der Waals surface area contributed by atoms with Gasteiger partial charge in [0.1, 0.15) is 0 Å². The van der Waals surface area contributed by atoms with Crippen LogP contribution < -0.4 is 0 Å². The molecule has 0 unspecified atom stereocenters. The van der Waals surface area contributed by atoms with Crippen LogP contribution >= 0.6 is 43.2 Å². The van der Waals surface area contributed by atoms with Crippen molar-refractivity contribution in [2.24, 2.45) is 0 Å². The average molecular weight is 396 g/mol. The lowest BCUT2D eigenvalue weighted by molar-refractivity contribution is 0.0995. The first-order valence-electron chi connectivity index (χ1n) is 4.89. The van der Waals surface area contributed by atoms with E-state index in [1.54, 1.807) is 5.38 Å². The smallest absolute Gasteiger partial charge is 0.178 e. The molecule has 94 valence electrons. The van der Waals surface area contributed by atoms with Gasteiger partial charge < -0.3 is 0 Å². The van der Waals surface area contributed by atoms with Gasteiger partial charge in [-0.05, 0) is 43.5 Å². The Balaban J connectivity index is 2.27. The molecule has 1 nitrogen and oxygen atoms in total. The maximum atomic E-state index is 13.4. The zero-order valence-electron chi connectivity index (χ0n) is 8.84. The standard InChI is InChI=1S/C12H6Br2F2OS/c13-7-5-18-12(10(7)14)9(17)4-6-2-1-3-8(15)11(6)16/h1-3,5H,4H2. The van der Waals surface area contributed by atoms with E-state index in [1.165, 1.54) is 23.5 Å². The summed E-state index contributed by atoms with van der Waals surface area (Å²) in [4.78, 5) is 12.5. The summed E-state index contributed by atoms with van der Waals surface area (Å²) in [6.45, 7) is 0. The number of rotatable bonds is 3. The summed E-state index contributed by atoms with van der Waals surface area (Å²) in [6.07, 6.45) is -0.158. The number of thiophene rings is 1. The van der Waals surface area contributed by atoms with E-state index in [2.05, 4.69) is 31.9 Å². The minimum absolute atomic E-state index is 0.0661. The highest BCUT2D eigenvalue weighted by Gasteiger charge is 2.18. The molecule has 2 rings (SSSR count). The van der Waals surface area contributed by atoms with E-state index in [0.717, 1.165) is 10.5 Å². The van der Waals surface area contributed by atoms with Crippen LogP contribution in [0.3, 0.4) is 0 Å². The van der Waals surface area contributed by atoms with E-state index < -0.39 is 11.6 Å². The molecule has 0 aliphatic rings. The van der Waals surface area contributed by atoms with Crippen LogP contribution in [0.4, 0.5) is 8.78 Å². The van der Waals surface area contributed by atoms with E-state index in [4.69, 9.17) is 0 Å². The summed E-state index contributed by atoms with van der Waals surface area (Å²) in [5.41, 5.74) is 0.0661. The molecule has 0 bridgehead atoms. The maximum Gasteiger partial charge on any atom is 0.178 e. The topological polar surface area (TPSA) is 17.1 Å². The number of carbonyl (C=O) groups is 1. The third kappa shape index (κ3) is 2.70. The molecule has 1 heterocycles. The minimum atomic E-state index is -0.961. The Morgan fingerprint density at radius 2 is 2.00 bits per heavy atom. The first kappa shape index (κ1) is 13.8. The number of ketones is 1. The molecule has 18 heavy (non-hydrogen) atoms. The van der Waals surface area contributed by atoms with Crippen LogP contribution in [0.15, 0.2) is 32.5 Å². The molecule has 0 aliphatic heterocycles.